The fourth-order valence-corrected chi connectivity index (χ4v) is 1.61. The van der Waals surface area contributed by atoms with Crippen molar-refractivity contribution in [2.75, 3.05) is 0 Å². The summed E-state index contributed by atoms with van der Waals surface area (Å²) in [5.74, 6) is -2.27. The van der Waals surface area contributed by atoms with Crippen LogP contribution in [0.1, 0.15) is 10.4 Å². The Labute approximate surface area is 110 Å². The Bertz CT molecular complexity index is 769. The predicted molar refractivity (Wildman–Crippen MR) is 65.6 cm³/mol. The van der Waals surface area contributed by atoms with Crippen molar-refractivity contribution in [1.82, 2.24) is 4.57 Å². The number of hydrogen-bond donors (Lipinski definition) is 1. The quantitative estimate of drug-likeness (QED) is 0.678. The molecule has 20 heavy (non-hydrogen) atoms. The summed E-state index contributed by atoms with van der Waals surface area (Å²) in [6, 6.07) is 4.79. The van der Waals surface area contributed by atoms with Gasteiger partial charge in [0.05, 0.1) is 22.2 Å². The zero-order chi connectivity index (χ0) is 14.9. The lowest BCUT2D eigenvalue weighted by atomic mass is 10.2. The number of aromatic carboxylic acids is 1. The summed E-state index contributed by atoms with van der Waals surface area (Å²) in [5, 5.41) is 19.3. The molecule has 1 aromatic heterocycles. The summed E-state index contributed by atoms with van der Waals surface area (Å²) < 4.78 is 14.6. The smallest absolute Gasteiger partial charge is 0.337 e. The molecule has 0 aliphatic heterocycles. The van der Waals surface area contributed by atoms with Crippen molar-refractivity contribution in [2.24, 2.45) is 0 Å². The molecule has 0 saturated heterocycles. The average molecular weight is 278 g/mol. The molecule has 0 aliphatic rings. The number of nitrogens with zero attached hydrogens (tertiary/aromatic N) is 2. The molecule has 0 fully saturated rings. The Kier molecular flexibility index (Phi) is 3.30. The highest BCUT2D eigenvalue weighted by Gasteiger charge is 2.14. The van der Waals surface area contributed by atoms with Crippen LogP contribution in [0.5, 0.6) is 0 Å². The second kappa shape index (κ2) is 4.92. The SMILES string of the molecule is O=C(O)c1ccc(=O)n(-c2ccc([N+](=O)[O-])cc2F)c1. The van der Waals surface area contributed by atoms with Gasteiger partial charge in [0, 0.05) is 18.3 Å². The minimum atomic E-state index is -1.28. The molecular weight excluding hydrogens is 271 g/mol. The summed E-state index contributed by atoms with van der Waals surface area (Å²) in [4.78, 5) is 32.2. The maximum atomic E-state index is 13.8. The molecule has 0 saturated carbocycles. The summed E-state index contributed by atoms with van der Waals surface area (Å²) in [6.07, 6.45) is 0.953. The molecule has 0 unspecified atom stereocenters. The zero-order valence-electron chi connectivity index (χ0n) is 9.82. The van der Waals surface area contributed by atoms with Gasteiger partial charge >= 0.3 is 5.97 Å². The molecule has 1 N–H and O–H groups in total. The number of rotatable bonds is 3. The van der Waals surface area contributed by atoms with Gasteiger partial charge in [0.25, 0.3) is 11.2 Å². The van der Waals surface area contributed by atoms with Crippen molar-refractivity contribution in [2.45, 2.75) is 0 Å². The Morgan fingerprint density at radius 2 is 2.00 bits per heavy atom. The zero-order valence-corrected chi connectivity index (χ0v) is 9.82. The van der Waals surface area contributed by atoms with Crippen molar-refractivity contribution < 1.29 is 19.2 Å². The van der Waals surface area contributed by atoms with E-state index in [1.807, 2.05) is 0 Å². The lowest BCUT2D eigenvalue weighted by Gasteiger charge is -2.07. The van der Waals surface area contributed by atoms with Crippen LogP contribution in [-0.4, -0.2) is 20.6 Å². The van der Waals surface area contributed by atoms with Gasteiger partial charge in [0.1, 0.15) is 0 Å². The molecule has 0 bridgehead atoms. The maximum Gasteiger partial charge on any atom is 0.337 e. The van der Waals surface area contributed by atoms with Gasteiger partial charge in [-0.2, -0.15) is 0 Å². The molecule has 7 nitrogen and oxygen atoms in total. The summed E-state index contributed by atoms with van der Waals surface area (Å²) in [7, 11) is 0. The normalized spacial score (nSPS) is 10.2. The molecule has 0 spiro atoms. The molecule has 0 atom stereocenters. The molecule has 2 rings (SSSR count). The summed E-state index contributed by atoms with van der Waals surface area (Å²) in [5.41, 5.74) is -1.58. The van der Waals surface area contributed by atoms with Gasteiger partial charge in [0.2, 0.25) is 0 Å². The molecule has 1 heterocycles. The first-order chi connectivity index (χ1) is 9.40. The van der Waals surface area contributed by atoms with E-state index in [1.54, 1.807) is 0 Å². The molecule has 1 aromatic carbocycles. The third-order valence-corrected chi connectivity index (χ3v) is 2.56. The number of carboxylic acids is 1. The van der Waals surface area contributed by atoms with E-state index in [-0.39, 0.29) is 11.3 Å². The van der Waals surface area contributed by atoms with Gasteiger partial charge in [-0.3, -0.25) is 19.5 Å². The average Bonchev–Trinajstić information content (AvgIpc) is 2.39. The second-order valence-electron chi connectivity index (χ2n) is 3.82. The number of aromatic nitrogens is 1. The van der Waals surface area contributed by atoms with Crippen molar-refractivity contribution in [3.05, 3.63) is 68.4 Å². The predicted octanol–water partition coefficient (Wildman–Crippen LogP) is 1.58. The molecule has 0 aliphatic carbocycles. The van der Waals surface area contributed by atoms with E-state index in [1.165, 1.54) is 0 Å². The van der Waals surface area contributed by atoms with E-state index < -0.39 is 28.0 Å². The highest BCUT2D eigenvalue weighted by Crippen LogP contribution is 2.19. The Morgan fingerprint density at radius 3 is 2.55 bits per heavy atom. The first-order valence-corrected chi connectivity index (χ1v) is 5.30. The maximum absolute atomic E-state index is 13.8. The highest BCUT2D eigenvalue weighted by molar-refractivity contribution is 5.87. The number of halogens is 1. The first-order valence-electron chi connectivity index (χ1n) is 5.30. The van der Waals surface area contributed by atoms with Crippen molar-refractivity contribution in [1.29, 1.82) is 0 Å². The summed E-state index contributed by atoms with van der Waals surface area (Å²) in [6.45, 7) is 0. The monoisotopic (exact) mass is 278 g/mol. The first kappa shape index (κ1) is 13.4. The number of hydrogen-bond acceptors (Lipinski definition) is 4. The van der Waals surface area contributed by atoms with Crippen LogP contribution in [0, 0.1) is 15.9 Å². The topological polar surface area (TPSA) is 102 Å². The van der Waals surface area contributed by atoms with Crippen molar-refractivity contribution >= 4 is 11.7 Å². The number of nitro groups is 1. The van der Waals surface area contributed by atoms with Crippen LogP contribution in [0.15, 0.2) is 41.3 Å². The largest absolute Gasteiger partial charge is 0.478 e. The molecule has 102 valence electrons. The van der Waals surface area contributed by atoms with E-state index in [9.17, 15) is 24.1 Å². The molecule has 2 aromatic rings. The van der Waals surface area contributed by atoms with Crippen LogP contribution >= 0.6 is 0 Å². The van der Waals surface area contributed by atoms with E-state index in [4.69, 9.17) is 5.11 Å². The molecule has 8 heteroatoms. The van der Waals surface area contributed by atoms with Crippen LogP contribution in [0.3, 0.4) is 0 Å². The number of carbonyl (C=O) groups is 1. The van der Waals surface area contributed by atoms with Crippen molar-refractivity contribution in [3.8, 4) is 5.69 Å². The molecular formula is C12H7FN2O5. The number of non-ortho nitro benzene ring substituents is 1. The number of benzene rings is 1. The van der Waals surface area contributed by atoms with Gasteiger partial charge in [0.15, 0.2) is 5.82 Å². The van der Waals surface area contributed by atoms with Crippen LogP contribution in [0.2, 0.25) is 0 Å². The lowest BCUT2D eigenvalue weighted by molar-refractivity contribution is -0.385. The van der Waals surface area contributed by atoms with Crippen molar-refractivity contribution in [3.63, 3.8) is 0 Å². The summed E-state index contributed by atoms with van der Waals surface area (Å²) >= 11 is 0. The minimum absolute atomic E-state index is 0.206. The number of pyridine rings is 1. The second-order valence-corrected chi connectivity index (χ2v) is 3.82. The fourth-order valence-electron chi connectivity index (χ4n) is 1.61. The third kappa shape index (κ3) is 2.39. The number of nitro benzene ring substituents is 1. The Hall–Kier alpha value is -3.03. The highest BCUT2D eigenvalue weighted by atomic mass is 19.1. The van der Waals surface area contributed by atoms with Gasteiger partial charge in [-0.05, 0) is 12.1 Å². The van der Waals surface area contributed by atoms with Crippen LogP contribution in [-0.2, 0) is 0 Å². The molecule has 0 amide bonds. The standard InChI is InChI=1S/C12H7FN2O5/c13-9-5-8(15(19)20)2-3-10(9)14-6-7(12(17)18)1-4-11(14)16/h1-6H,(H,17,18). The Morgan fingerprint density at radius 1 is 1.30 bits per heavy atom. The van der Waals surface area contributed by atoms with Gasteiger partial charge in [-0.25, -0.2) is 9.18 Å². The lowest BCUT2D eigenvalue weighted by Crippen LogP contribution is -2.19. The van der Waals surface area contributed by atoms with E-state index >= 15 is 0 Å². The number of carboxylic acid groups (broad SMARTS) is 1. The minimum Gasteiger partial charge on any atom is -0.478 e. The van der Waals surface area contributed by atoms with E-state index in [2.05, 4.69) is 0 Å². The van der Waals surface area contributed by atoms with Gasteiger partial charge < -0.3 is 5.11 Å². The van der Waals surface area contributed by atoms with Crippen LogP contribution in [0.4, 0.5) is 10.1 Å². The van der Waals surface area contributed by atoms with Gasteiger partial charge in [-0.15, -0.1) is 0 Å². The van der Waals surface area contributed by atoms with Crippen LogP contribution < -0.4 is 5.56 Å². The van der Waals surface area contributed by atoms with E-state index in [0.717, 1.165) is 35.0 Å². The van der Waals surface area contributed by atoms with Crippen LogP contribution in [0.25, 0.3) is 5.69 Å². The Balaban J connectivity index is 2.62. The van der Waals surface area contributed by atoms with Gasteiger partial charge in [-0.1, -0.05) is 0 Å². The molecule has 0 radical (unpaired) electrons. The third-order valence-electron chi connectivity index (χ3n) is 2.56. The van der Waals surface area contributed by atoms with E-state index in [0.29, 0.717) is 6.07 Å². The fraction of sp³-hybridized carbons (Fsp3) is 0.